The summed E-state index contributed by atoms with van der Waals surface area (Å²) < 4.78 is 10.8. The maximum absolute atomic E-state index is 11.0. The van der Waals surface area contributed by atoms with Crippen LogP contribution in [-0.2, 0) is 11.2 Å². The quantitative estimate of drug-likeness (QED) is 0.877. The lowest BCUT2D eigenvalue weighted by atomic mass is 10.1. The number of hydrogen-bond acceptors (Lipinski definition) is 4. The summed E-state index contributed by atoms with van der Waals surface area (Å²) in [7, 11) is 1.56. The molecule has 18 heavy (non-hydrogen) atoms. The van der Waals surface area contributed by atoms with Gasteiger partial charge in [-0.05, 0) is 17.7 Å². The Morgan fingerprint density at radius 2 is 2.33 bits per heavy atom. The third kappa shape index (κ3) is 1.40. The summed E-state index contributed by atoms with van der Waals surface area (Å²) in [5, 5.41) is 9.05. The molecule has 0 saturated carbocycles. The van der Waals surface area contributed by atoms with Crippen molar-refractivity contribution in [2.24, 2.45) is 0 Å². The fourth-order valence-corrected chi connectivity index (χ4v) is 2.26. The number of nitrogens with zero attached hydrogens (tertiary/aromatic N) is 1. The normalized spacial score (nSPS) is 13.6. The summed E-state index contributed by atoms with van der Waals surface area (Å²) in [6, 6.07) is 1.81. The van der Waals surface area contributed by atoms with Gasteiger partial charge in [0.15, 0.2) is 17.2 Å². The van der Waals surface area contributed by atoms with Gasteiger partial charge in [-0.1, -0.05) is 0 Å². The van der Waals surface area contributed by atoms with E-state index in [-0.39, 0.29) is 0 Å². The van der Waals surface area contributed by atoms with Gasteiger partial charge in [0.25, 0.3) is 0 Å². The molecule has 0 aliphatic heterocycles. The molecule has 1 heterocycles. The number of benzene rings is 1. The standard InChI is InChI=1S/C13H11NO4/c1-6-14-11-9-4-8(13(15)16)3-7(9)5-10(17-2)12(11)18-6/h4-5H,3H2,1-2H3,(H,15,16). The Bertz CT molecular complexity index is 697. The van der Waals surface area contributed by atoms with Crippen LogP contribution < -0.4 is 4.74 Å². The fraction of sp³-hybridized carbons (Fsp3) is 0.231. The van der Waals surface area contributed by atoms with Gasteiger partial charge in [0.1, 0.15) is 5.52 Å². The zero-order valence-corrected chi connectivity index (χ0v) is 9.98. The van der Waals surface area contributed by atoms with E-state index in [1.807, 2.05) is 6.07 Å². The van der Waals surface area contributed by atoms with Crippen molar-refractivity contribution in [1.29, 1.82) is 0 Å². The number of carboxylic acids is 1. The molecule has 0 radical (unpaired) electrons. The molecule has 1 N–H and O–H groups in total. The van der Waals surface area contributed by atoms with Crippen LogP contribution in [0.1, 0.15) is 17.0 Å². The second kappa shape index (κ2) is 3.60. The number of ether oxygens (including phenoxy) is 1. The molecule has 1 aliphatic rings. The maximum Gasteiger partial charge on any atom is 0.331 e. The summed E-state index contributed by atoms with van der Waals surface area (Å²) in [6.45, 7) is 1.75. The van der Waals surface area contributed by atoms with Crippen molar-refractivity contribution in [3.63, 3.8) is 0 Å². The summed E-state index contributed by atoms with van der Waals surface area (Å²) in [6.07, 6.45) is 2.05. The molecule has 0 fully saturated rings. The van der Waals surface area contributed by atoms with Gasteiger partial charge in [0, 0.05) is 24.5 Å². The summed E-state index contributed by atoms with van der Waals surface area (Å²) in [4.78, 5) is 15.3. The van der Waals surface area contributed by atoms with Crippen molar-refractivity contribution in [2.75, 3.05) is 7.11 Å². The Morgan fingerprint density at radius 1 is 1.56 bits per heavy atom. The van der Waals surface area contributed by atoms with Crippen LogP contribution in [0.4, 0.5) is 0 Å². The summed E-state index contributed by atoms with van der Waals surface area (Å²) >= 11 is 0. The molecule has 0 atom stereocenters. The molecule has 0 bridgehead atoms. The van der Waals surface area contributed by atoms with E-state index in [1.54, 1.807) is 20.1 Å². The van der Waals surface area contributed by atoms with Crippen molar-refractivity contribution < 1.29 is 19.1 Å². The van der Waals surface area contributed by atoms with Gasteiger partial charge < -0.3 is 14.3 Å². The zero-order valence-electron chi connectivity index (χ0n) is 9.98. The monoisotopic (exact) mass is 245 g/mol. The highest BCUT2D eigenvalue weighted by Crippen LogP contribution is 2.37. The maximum atomic E-state index is 11.0. The molecule has 1 aliphatic carbocycles. The highest BCUT2D eigenvalue weighted by molar-refractivity contribution is 6.01. The lowest BCUT2D eigenvalue weighted by molar-refractivity contribution is -0.132. The topological polar surface area (TPSA) is 72.6 Å². The minimum Gasteiger partial charge on any atom is -0.493 e. The summed E-state index contributed by atoms with van der Waals surface area (Å²) in [5.41, 5.74) is 3.32. The van der Waals surface area contributed by atoms with E-state index in [4.69, 9.17) is 14.3 Å². The number of methoxy groups -OCH3 is 1. The Labute approximate surface area is 103 Å². The Balaban J connectivity index is 2.30. The van der Waals surface area contributed by atoms with Crippen LogP contribution in [0.5, 0.6) is 5.75 Å². The minimum atomic E-state index is -0.904. The Morgan fingerprint density at radius 3 is 3.00 bits per heavy atom. The smallest absolute Gasteiger partial charge is 0.331 e. The number of aliphatic carboxylic acids is 1. The molecule has 5 heteroatoms. The van der Waals surface area contributed by atoms with Crippen molar-refractivity contribution in [2.45, 2.75) is 13.3 Å². The van der Waals surface area contributed by atoms with Crippen LogP contribution in [0.25, 0.3) is 17.2 Å². The number of carboxylic acid groups (broad SMARTS) is 1. The fourth-order valence-electron chi connectivity index (χ4n) is 2.26. The molecule has 0 unspecified atom stereocenters. The van der Waals surface area contributed by atoms with Gasteiger partial charge in [-0.2, -0.15) is 0 Å². The molecular weight excluding hydrogens is 234 g/mol. The van der Waals surface area contributed by atoms with Gasteiger partial charge in [-0.15, -0.1) is 0 Å². The van der Waals surface area contributed by atoms with Crippen LogP contribution in [0.15, 0.2) is 16.1 Å². The first-order valence-corrected chi connectivity index (χ1v) is 5.51. The second-order valence-electron chi connectivity index (χ2n) is 4.21. The average molecular weight is 245 g/mol. The van der Waals surface area contributed by atoms with Crippen molar-refractivity contribution >= 4 is 23.1 Å². The Hall–Kier alpha value is -2.30. The van der Waals surface area contributed by atoms with Gasteiger partial charge in [0.2, 0.25) is 0 Å². The third-order valence-corrected chi connectivity index (χ3v) is 3.06. The van der Waals surface area contributed by atoms with Crippen molar-refractivity contribution in [1.82, 2.24) is 4.98 Å². The number of aromatic nitrogens is 1. The van der Waals surface area contributed by atoms with E-state index in [1.165, 1.54) is 0 Å². The predicted octanol–water partition coefficient (Wildman–Crippen LogP) is 2.17. The van der Waals surface area contributed by atoms with E-state index in [9.17, 15) is 4.79 Å². The zero-order chi connectivity index (χ0) is 12.9. The van der Waals surface area contributed by atoms with Crippen LogP contribution in [0, 0.1) is 6.92 Å². The molecule has 92 valence electrons. The number of aryl methyl sites for hydroxylation is 1. The number of fused-ring (bicyclic) bond motifs is 3. The highest BCUT2D eigenvalue weighted by atomic mass is 16.5. The minimum absolute atomic E-state index is 0.361. The van der Waals surface area contributed by atoms with E-state index < -0.39 is 5.97 Å². The molecule has 3 rings (SSSR count). The molecule has 1 aromatic carbocycles. The molecule has 0 saturated heterocycles. The van der Waals surface area contributed by atoms with E-state index in [0.29, 0.717) is 34.7 Å². The molecule has 0 amide bonds. The number of oxazole rings is 1. The average Bonchev–Trinajstić information content (AvgIpc) is 2.89. The SMILES string of the molecule is COc1cc2c(c3nc(C)oc13)C=C(C(=O)O)C2. The number of carbonyl (C=O) groups is 1. The number of hydrogen-bond donors (Lipinski definition) is 1. The van der Waals surface area contributed by atoms with Gasteiger partial charge in [-0.3, -0.25) is 0 Å². The second-order valence-corrected chi connectivity index (χ2v) is 4.21. The van der Waals surface area contributed by atoms with Crippen molar-refractivity contribution in [3.8, 4) is 5.75 Å². The predicted molar refractivity (Wildman–Crippen MR) is 64.6 cm³/mol. The van der Waals surface area contributed by atoms with Crippen LogP contribution >= 0.6 is 0 Å². The largest absolute Gasteiger partial charge is 0.493 e. The molecular formula is C13H11NO4. The Kier molecular flexibility index (Phi) is 2.16. The molecule has 2 aromatic rings. The highest BCUT2D eigenvalue weighted by Gasteiger charge is 2.24. The third-order valence-electron chi connectivity index (χ3n) is 3.06. The molecule has 1 aromatic heterocycles. The van der Waals surface area contributed by atoms with Gasteiger partial charge in [0.05, 0.1) is 7.11 Å². The lowest BCUT2D eigenvalue weighted by Gasteiger charge is -2.04. The van der Waals surface area contributed by atoms with Gasteiger partial charge >= 0.3 is 5.97 Å². The van der Waals surface area contributed by atoms with Gasteiger partial charge in [-0.25, -0.2) is 9.78 Å². The van der Waals surface area contributed by atoms with E-state index in [2.05, 4.69) is 4.98 Å². The van der Waals surface area contributed by atoms with Crippen LogP contribution in [0.2, 0.25) is 0 Å². The van der Waals surface area contributed by atoms with Crippen LogP contribution in [-0.4, -0.2) is 23.2 Å². The van der Waals surface area contributed by atoms with E-state index in [0.717, 1.165) is 11.1 Å². The van der Waals surface area contributed by atoms with Crippen LogP contribution in [0.3, 0.4) is 0 Å². The first-order valence-electron chi connectivity index (χ1n) is 5.51. The first kappa shape index (κ1) is 10.8. The molecule has 5 nitrogen and oxygen atoms in total. The first-order chi connectivity index (χ1) is 8.60. The molecule has 0 spiro atoms. The van der Waals surface area contributed by atoms with Crippen molar-refractivity contribution in [3.05, 3.63) is 28.7 Å². The lowest BCUT2D eigenvalue weighted by Crippen LogP contribution is -1.99. The number of rotatable bonds is 2. The summed E-state index contributed by atoms with van der Waals surface area (Å²) in [5.74, 6) is 0.219. The van der Waals surface area contributed by atoms with E-state index >= 15 is 0 Å².